The summed E-state index contributed by atoms with van der Waals surface area (Å²) < 4.78 is 34.2. The Morgan fingerprint density at radius 1 is 0.604 bits per heavy atom. The van der Waals surface area contributed by atoms with Gasteiger partial charge in [0.25, 0.3) is 0 Å². The predicted molar refractivity (Wildman–Crippen MR) is 219 cm³/mol. The number of nitrogens with zero attached hydrogens (tertiary/aromatic N) is 1. The SMILES string of the molecule is CC/C=C\C/C=C\C/C=C\CCCCCCCC(=O)OC(COC(=O)CCCCCCC/C=C\C/C=C\CCCC)COP(=O)(O)OCC[N+](C)(C)C. The normalized spacial score (nSPS) is 14.3. The fraction of sp³-hybridized carbons (Fsp3) is 0.721. The van der Waals surface area contributed by atoms with Gasteiger partial charge in [-0.25, -0.2) is 4.57 Å². The van der Waals surface area contributed by atoms with Crippen LogP contribution in [0.25, 0.3) is 0 Å². The Morgan fingerprint density at radius 2 is 1.08 bits per heavy atom. The van der Waals surface area contributed by atoms with Gasteiger partial charge in [-0.05, 0) is 70.6 Å². The topological polar surface area (TPSA) is 108 Å². The second-order valence-corrected chi connectivity index (χ2v) is 16.1. The quantitative estimate of drug-likeness (QED) is 0.0221. The second-order valence-electron chi connectivity index (χ2n) is 14.6. The molecule has 0 spiro atoms. The van der Waals surface area contributed by atoms with Crippen LogP contribution >= 0.6 is 7.82 Å². The van der Waals surface area contributed by atoms with E-state index in [0.29, 0.717) is 17.4 Å². The van der Waals surface area contributed by atoms with E-state index in [1.165, 1.54) is 12.8 Å². The number of phosphoric acid groups is 1. The highest BCUT2D eigenvalue weighted by molar-refractivity contribution is 7.47. The summed E-state index contributed by atoms with van der Waals surface area (Å²) >= 11 is 0. The standard InChI is InChI=1S/C43H76NO8P/c1-6-8-10-12-14-16-18-20-22-24-26-28-30-32-34-36-43(46)52-41(40-51-53(47,48)50-38-37-44(3,4)5)39-49-42(45)35-33-31-29-27-25-23-21-19-17-15-13-11-9-7-2/h8,10,13-16,19-22,41H,6-7,9,11-12,17-18,23-40H2,1-5H3/p+1/b10-8-,15-13-,16-14-,21-19-,22-20-. The molecule has 0 aliphatic rings. The van der Waals surface area contributed by atoms with E-state index in [0.717, 1.165) is 103 Å². The van der Waals surface area contributed by atoms with Crippen LogP contribution in [-0.2, 0) is 32.7 Å². The number of carbonyl (C=O) groups excluding carboxylic acids is 2. The minimum absolute atomic E-state index is 0.0229. The van der Waals surface area contributed by atoms with E-state index in [-0.39, 0.29) is 26.1 Å². The van der Waals surface area contributed by atoms with Crippen LogP contribution in [0, 0.1) is 0 Å². The molecule has 2 unspecified atom stereocenters. The summed E-state index contributed by atoms with van der Waals surface area (Å²) in [5.41, 5.74) is 0. The van der Waals surface area contributed by atoms with Crippen LogP contribution in [0.2, 0.25) is 0 Å². The number of rotatable bonds is 36. The number of hydrogen-bond acceptors (Lipinski definition) is 7. The molecule has 10 heteroatoms. The molecule has 0 aliphatic heterocycles. The summed E-state index contributed by atoms with van der Waals surface area (Å²) in [4.78, 5) is 35.3. The maximum Gasteiger partial charge on any atom is 0.472 e. The van der Waals surface area contributed by atoms with Crippen molar-refractivity contribution in [2.45, 2.75) is 155 Å². The van der Waals surface area contributed by atoms with E-state index in [1.54, 1.807) is 0 Å². The molecule has 0 bridgehead atoms. The third-order valence-electron chi connectivity index (χ3n) is 8.28. The first-order chi connectivity index (χ1) is 25.5. The van der Waals surface area contributed by atoms with Gasteiger partial charge < -0.3 is 18.9 Å². The lowest BCUT2D eigenvalue weighted by atomic mass is 10.1. The van der Waals surface area contributed by atoms with E-state index in [4.69, 9.17) is 18.5 Å². The zero-order valence-corrected chi connectivity index (χ0v) is 35.1. The van der Waals surface area contributed by atoms with Gasteiger partial charge in [-0.15, -0.1) is 0 Å². The number of ether oxygens (including phenoxy) is 2. The molecule has 1 N–H and O–H groups in total. The summed E-state index contributed by atoms with van der Waals surface area (Å²) in [5, 5.41) is 0. The van der Waals surface area contributed by atoms with Crippen molar-refractivity contribution >= 4 is 19.8 Å². The largest absolute Gasteiger partial charge is 0.472 e. The molecule has 0 aliphatic carbocycles. The Morgan fingerprint density at radius 3 is 1.60 bits per heavy atom. The van der Waals surface area contributed by atoms with Crippen molar-refractivity contribution in [3.05, 3.63) is 60.8 Å². The highest BCUT2D eigenvalue weighted by Gasteiger charge is 2.27. The monoisotopic (exact) mass is 767 g/mol. The number of hydrogen-bond donors (Lipinski definition) is 1. The number of allylic oxidation sites excluding steroid dienone is 10. The minimum Gasteiger partial charge on any atom is -0.462 e. The molecule has 0 fully saturated rings. The summed E-state index contributed by atoms with van der Waals surface area (Å²) in [7, 11) is 1.44. The van der Waals surface area contributed by atoms with E-state index in [1.807, 2.05) is 21.1 Å². The minimum atomic E-state index is -4.38. The van der Waals surface area contributed by atoms with Crippen LogP contribution in [0.4, 0.5) is 0 Å². The zero-order valence-electron chi connectivity index (χ0n) is 34.2. The fourth-order valence-electron chi connectivity index (χ4n) is 5.04. The molecule has 0 rings (SSSR count). The van der Waals surface area contributed by atoms with E-state index >= 15 is 0 Å². The van der Waals surface area contributed by atoms with Gasteiger partial charge in [0.2, 0.25) is 0 Å². The zero-order chi connectivity index (χ0) is 39.3. The van der Waals surface area contributed by atoms with E-state index < -0.39 is 32.5 Å². The summed E-state index contributed by atoms with van der Waals surface area (Å²) in [6.07, 6.45) is 41.2. The molecule has 0 saturated heterocycles. The van der Waals surface area contributed by atoms with E-state index in [9.17, 15) is 19.0 Å². The first kappa shape index (κ1) is 50.7. The van der Waals surface area contributed by atoms with Gasteiger partial charge in [-0.1, -0.05) is 126 Å². The van der Waals surface area contributed by atoms with Gasteiger partial charge >= 0.3 is 19.8 Å². The highest BCUT2D eigenvalue weighted by atomic mass is 31.2. The van der Waals surface area contributed by atoms with Gasteiger partial charge in [0.1, 0.15) is 19.8 Å². The first-order valence-corrected chi connectivity index (χ1v) is 22.0. The molecule has 0 heterocycles. The van der Waals surface area contributed by atoms with Crippen LogP contribution in [0.1, 0.15) is 149 Å². The molecule has 53 heavy (non-hydrogen) atoms. The number of unbranched alkanes of at least 4 members (excludes halogenated alkanes) is 12. The molecular weight excluding hydrogens is 689 g/mol. The Bertz CT molecular complexity index is 1090. The Labute approximate surface area is 324 Å². The molecule has 0 aromatic heterocycles. The van der Waals surface area contributed by atoms with Crippen molar-refractivity contribution in [2.24, 2.45) is 0 Å². The first-order valence-electron chi connectivity index (χ1n) is 20.5. The summed E-state index contributed by atoms with van der Waals surface area (Å²) in [6, 6.07) is 0. The fourth-order valence-corrected chi connectivity index (χ4v) is 5.78. The van der Waals surface area contributed by atoms with Crippen molar-refractivity contribution in [1.82, 2.24) is 0 Å². The molecule has 9 nitrogen and oxygen atoms in total. The third kappa shape index (κ3) is 39.2. The summed E-state index contributed by atoms with van der Waals surface area (Å²) in [5.74, 6) is -0.841. The van der Waals surface area contributed by atoms with Crippen LogP contribution in [0.3, 0.4) is 0 Å². The maximum atomic E-state index is 12.6. The Balaban J connectivity index is 4.47. The number of carbonyl (C=O) groups is 2. The molecule has 2 atom stereocenters. The van der Waals surface area contributed by atoms with Gasteiger partial charge in [0.15, 0.2) is 6.10 Å². The van der Waals surface area contributed by atoms with Crippen LogP contribution in [0.5, 0.6) is 0 Å². The van der Waals surface area contributed by atoms with Crippen LogP contribution in [-0.4, -0.2) is 74.9 Å². The number of likely N-dealkylation sites (N-methyl/N-ethyl adjacent to an activating group) is 1. The number of phosphoric ester groups is 1. The van der Waals surface area contributed by atoms with Gasteiger partial charge in [-0.3, -0.25) is 18.6 Å². The molecule has 0 saturated carbocycles. The second kappa shape index (κ2) is 35.4. The van der Waals surface area contributed by atoms with Crippen molar-refractivity contribution in [3.63, 3.8) is 0 Å². The molecule has 0 amide bonds. The molecular formula is C43H77NO8P+. The average Bonchev–Trinajstić information content (AvgIpc) is 3.10. The molecule has 0 aromatic rings. The predicted octanol–water partition coefficient (Wildman–Crippen LogP) is 11.3. The van der Waals surface area contributed by atoms with Crippen molar-refractivity contribution in [3.8, 4) is 0 Å². The maximum absolute atomic E-state index is 12.6. The lowest BCUT2D eigenvalue weighted by molar-refractivity contribution is -0.870. The van der Waals surface area contributed by atoms with Gasteiger partial charge in [0.05, 0.1) is 27.7 Å². The Kier molecular flexibility index (Phi) is 33.9. The van der Waals surface area contributed by atoms with Crippen molar-refractivity contribution in [1.29, 1.82) is 0 Å². The van der Waals surface area contributed by atoms with Gasteiger partial charge in [0, 0.05) is 12.8 Å². The number of quaternary nitrogens is 1. The van der Waals surface area contributed by atoms with Crippen LogP contribution in [0.15, 0.2) is 60.8 Å². The smallest absolute Gasteiger partial charge is 0.462 e. The Hall–Kier alpha value is -2.29. The lowest BCUT2D eigenvalue weighted by Crippen LogP contribution is -2.37. The van der Waals surface area contributed by atoms with Crippen LogP contribution < -0.4 is 0 Å². The molecule has 306 valence electrons. The molecule has 0 aromatic carbocycles. The van der Waals surface area contributed by atoms with Gasteiger partial charge in [-0.2, -0.15) is 0 Å². The molecule has 0 radical (unpaired) electrons. The third-order valence-corrected chi connectivity index (χ3v) is 9.27. The van der Waals surface area contributed by atoms with E-state index in [2.05, 4.69) is 74.6 Å². The average molecular weight is 767 g/mol. The summed E-state index contributed by atoms with van der Waals surface area (Å²) in [6.45, 7) is 4.21. The number of esters is 2. The van der Waals surface area contributed by atoms with Crippen molar-refractivity contribution < 1.29 is 42.1 Å². The van der Waals surface area contributed by atoms with Crippen molar-refractivity contribution in [2.75, 3.05) is 47.5 Å². The highest BCUT2D eigenvalue weighted by Crippen LogP contribution is 2.43. The lowest BCUT2D eigenvalue weighted by Gasteiger charge is -2.24.